The van der Waals surface area contributed by atoms with Gasteiger partial charge in [0.25, 0.3) is 0 Å². The number of hydrogen-bond donors (Lipinski definition) is 1. The number of ether oxygens (including phenoxy) is 1. The Hall–Kier alpha value is -0.120. The summed E-state index contributed by atoms with van der Waals surface area (Å²) in [5.41, 5.74) is 0.388. The van der Waals surface area contributed by atoms with E-state index in [0.717, 1.165) is 19.1 Å². The van der Waals surface area contributed by atoms with Gasteiger partial charge in [-0.05, 0) is 37.1 Å². The zero-order valence-corrected chi connectivity index (χ0v) is 13.7. The maximum absolute atomic E-state index is 5.33. The van der Waals surface area contributed by atoms with Gasteiger partial charge in [0.15, 0.2) is 0 Å². The zero-order valence-electron chi connectivity index (χ0n) is 13.7. The second kappa shape index (κ2) is 8.23. The Morgan fingerprint density at radius 2 is 2.16 bits per heavy atom. The van der Waals surface area contributed by atoms with E-state index in [4.69, 9.17) is 4.74 Å². The maximum Gasteiger partial charge on any atom is 0.0502 e. The topological polar surface area (TPSA) is 24.5 Å². The SMILES string of the molecule is CCC(C)(CNC(C)C)CN1CCCC(COC)C1. The molecule has 0 aromatic rings. The molecular formula is C16H34N2O. The molecule has 2 atom stereocenters. The van der Waals surface area contributed by atoms with Gasteiger partial charge in [-0.1, -0.05) is 27.7 Å². The third-order valence-corrected chi connectivity index (χ3v) is 4.40. The monoisotopic (exact) mass is 270 g/mol. The highest BCUT2D eigenvalue weighted by molar-refractivity contribution is 4.83. The van der Waals surface area contributed by atoms with E-state index in [1.807, 2.05) is 7.11 Å². The van der Waals surface area contributed by atoms with Crippen molar-refractivity contribution < 1.29 is 4.74 Å². The normalized spacial score (nSPS) is 24.6. The molecule has 0 amide bonds. The van der Waals surface area contributed by atoms with Gasteiger partial charge in [-0.25, -0.2) is 0 Å². The van der Waals surface area contributed by atoms with Crippen molar-refractivity contribution in [3.8, 4) is 0 Å². The first-order chi connectivity index (χ1) is 8.99. The summed E-state index contributed by atoms with van der Waals surface area (Å²) < 4.78 is 5.33. The third kappa shape index (κ3) is 6.24. The molecule has 0 radical (unpaired) electrons. The fraction of sp³-hybridized carbons (Fsp3) is 1.00. The van der Waals surface area contributed by atoms with Crippen molar-refractivity contribution >= 4 is 0 Å². The number of nitrogens with zero attached hydrogens (tertiary/aromatic N) is 1. The first kappa shape index (κ1) is 16.9. The molecule has 0 bridgehead atoms. The van der Waals surface area contributed by atoms with Gasteiger partial charge in [-0.3, -0.25) is 0 Å². The summed E-state index contributed by atoms with van der Waals surface area (Å²) in [6.07, 6.45) is 3.89. The molecule has 1 N–H and O–H groups in total. The van der Waals surface area contributed by atoms with Crippen LogP contribution in [0, 0.1) is 11.3 Å². The quantitative estimate of drug-likeness (QED) is 0.734. The highest BCUT2D eigenvalue weighted by Crippen LogP contribution is 2.25. The smallest absolute Gasteiger partial charge is 0.0502 e. The lowest BCUT2D eigenvalue weighted by Crippen LogP contribution is -2.47. The Labute approximate surface area is 120 Å². The molecule has 0 aromatic carbocycles. The van der Waals surface area contributed by atoms with Crippen LogP contribution in [-0.2, 0) is 4.74 Å². The Kier molecular flexibility index (Phi) is 7.33. The van der Waals surface area contributed by atoms with Crippen molar-refractivity contribution in [1.29, 1.82) is 0 Å². The van der Waals surface area contributed by atoms with Gasteiger partial charge in [0.05, 0.1) is 6.61 Å². The minimum atomic E-state index is 0.388. The molecule has 0 spiro atoms. The van der Waals surface area contributed by atoms with Crippen molar-refractivity contribution in [1.82, 2.24) is 10.2 Å². The van der Waals surface area contributed by atoms with Crippen LogP contribution in [-0.4, -0.2) is 50.8 Å². The van der Waals surface area contributed by atoms with Crippen LogP contribution in [0.15, 0.2) is 0 Å². The first-order valence-corrected chi connectivity index (χ1v) is 7.94. The number of rotatable bonds is 8. The Bertz CT molecular complexity index is 243. The van der Waals surface area contributed by atoms with E-state index in [1.165, 1.54) is 38.9 Å². The van der Waals surface area contributed by atoms with Crippen molar-refractivity contribution in [2.75, 3.05) is 39.9 Å². The summed E-state index contributed by atoms with van der Waals surface area (Å²) in [5, 5.41) is 3.61. The van der Waals surface area contributed by atoms with Crippen LogP contribution in [0.3, 0.4) is 0 Å². The maximum atomic E-state index is 5.33. The van der Waals surface area contributed by atoms with Crippen LogP contribution < -0.4 is 5.32 Å². The average molecular weight is 270 g/mol. The highest BCUT2D eigenvalue weighted by Gasteiger charge is 2.28. The molecule has 3 nitrogen and oxygen atoms in total. The summed E-state index contributed by atoms with van der Waals surface area (Å²) in [6.45, 7) is 14.9. The number of nitrogens with one attached hydrogen (secondary N) is 1. The lowest BCUT2D eigenvalue weighted by molar-refractivity contribution is 0.0647. The predicted molar refractivity (Wildman–Crippen MR) is 82.6 cm³/mol. The molecule has 1 rings (SSSR count). The van der Waals surface area contributed by atoms with Gasteiger partial charge >= 0.3 is 0 Å². The van der Waals surface area contributed by atoms with Gasteiger partial charge in [-0.2, -0.15) is 0 Å². The third-order valence-electron chi connectivity index (χ3n) is 4.40. The molecule has 1 heterocycles. The van der Waals surface area contributed by atoms with E-state index in [1.54, 1.807) is 0 Å². The van der Waals surface area contributed by atoms with Crippen LogP contribution in [0.2, 0.25) is 0 Å². The lowest BCUT2D eigenvalue weighted by Gasteiger charge is -2.39. The largest absolute Gasteiger partial charge is 0.384 e. The second-order valence-corrected chi connectivity index (χ2v) is 6.90. The van der Waals surface area contributed by atoms with E-state index in [9.17, 15) is 0 Å². The van der Waals surface area contributed by atoms with E-state index in [-0.39, 0.29) is 0 Å². The average Bonchev–Trinajstić information content (AvgIpc) is 2.37. The molecule has 114 valence electrons. The molecule has 0 aliphatic carbocycles. The molecule has 0 saturated carbocycles. The fourth-order valence-corrected chi connectivity index (χ4v) is 2.95. The van der Waals surface area contributed by atoms with Crippen molar-refractivity contribution in [3.05, 3.63) is 0 Å². The van der Waals surface area contributed by atoms with Crippen molar-refractivity contribution in [3.63, 3.8) is 0 Å². The van der Waals surface area contributed by atoms with Crippen molar-refractivity contribution in [2.45, 2.75) is 53.0 Å². The Morgan fingerprint density at radius 3 is 2.74 bits per heavy atom. The van der Waals surface area contributed by atoms with Crippen LogP contribution >= 0.6 is 0 Å². The number of likely N-dealkylation sites (tertiary alicyclic amines) is 1. The van der Waals surface area contributed by atoms with Gasteiger partial charge < -0.3 is 15.0 Å². The second-order valence-electron chi connectivity index (χ2n) is 6.90. The highest BCUT2D eigenvalue weighted by atomic mass is 16.5. The summed E-state index contributed by atoms with van der Waals surface area (Å²) in [6, 6.07) is 0.577. The number of hydrogen-bond acceptors (Lipinski definition) is 3. The van der Waals surface area contributed by atoms with Gasteiger partial charge in [-0.15, -0.1) is 0 Å². The molecule has 3 heteroatoms. The van der Waals surface area contributed by atoms with Crippen LogP contribution in [0.25, 0.3) is 0 Å². The number of piperidine rings is 1. The Balaban J connectivity index is 2.45. The molecule has 0 aromatic heterocycles. The molecule has 1 saturated heterocycles. The van der Waals surface area contributed by atoms with Crippen molar-refractivity contribution in [2.24, 2.45) is 11.3 Å². The minimum Gasteiger partial charge on any atom is -0.384 e. The summed E-state index contributed by atoms with van der Waals surface area (Å²) in [4.78, 5) is 2.65. The minimum absolute atomic E-state index is 0.388. The molecule has 19 heavy (non-hydrogen) atoms. The summed E-state index contributed by atoms with van der Waals surface area (Å²) in [5.74, 6) is 0.734. The Morgan fingerprint density at radius 1 is 1.42 bits per heavy atom. The standard InChI is InChI=1S/C16H34N2O/c1-6-16(4,12-17-14(2)3)13-18-9-7-8-15(10-18)11-19-5/h14-15,17H,6-13H2,1-5H3. The molecule has 1 aliphatic rings. The molecule has 2 unspecified atom stereocenters. The van der Waals surface area contributed by atoms with E-state index in [0.29, 0.717) is 11.5 Å². The zero-order chi connectivity index (χ0) is 14.3. The van der Waals surface area contributed by atoms with E-state index in [2.05, 4.69) is 37.9 Å². The fourth-order valence-electron chi connectivity index (χ4n) is 2.95. The van der Waals surface area contributed by atoms with Gasteiger partial charge in [0.2, 0.25) is 0 Å². The van der Waals surface area contributed by atoms with Crippen LogP contribution in [0.1, 0.15) is 47.0 Å². The van der Waals surface area contributed by atoms with Gasteiger partial charge in [0.1, 0.15) is 0 Å². The van der Waals surface area contributed by atoms with Gasteiger partial charge in [0, 0.05) is 32.8 Å². The number of methoxy groups -OCH3 is 1. The summed E-state index contributed by atoms with van der Waals surface area (Å²) in [7, 11) is 1.82. The van der Waals surface area contributed by atoms with E-state index >= 15 is 0 Å². The molecule has 1 aliphatic heterocycles. The predicted octanol–water partition coefficient (Wildman–Crippen LogP) is 2.76. The molecule has 1 fully saturated rings. The molecular weight excluding hydrogens is 236 g/mol. The summed E-state index contributed by atoms with van der Waals surface area (Å²) >= 11 is 0. The van der Waals surface area contributed by atoms with E-state index < -0.39 is 0 Å². The van der Waals surface area contributed by atoms with Crippen LogP contribution in [0.5, 0.6) is 0 Å². The lowest BCUT2D eigenvalue weighted by atomic mass is 9.85. The first-order valence-electron chi connectivity index (χ1n) is 7.94. The van der Waals surface area contributed by atoms with Crippen LogP contribution in [0.4, 0.5) is 0 Å².